The zero-order valence-corrected chi connectivity index (χ0v) is 20.1. The van der Waals surface area contributed by atoms with Gasteiger partial charge in [-0.1, -0.05) is 35.9 Å². The smallest absolute Gasteiger partial charge is 0.229 e. The summed E-state index contributed by atoms with van der Waals surface area (Å²) in [5, 5.41) is 17.4. The van der Waals surface area contributed by atoms with E-state index < -0.39 is 0 Å². The summed E-state index contributed by atoms with van der Waals surface area (Å²) in [5.74, 6) is 0.638. The summed E-state index contributed by atoms with van der Waals surface area (Å²) in [4.78, 5) is 8.88. The van der Waals surface area contributed by atoms with Crippen molar-refractivity contribution in [2.45, 2.75) is 0 Å². The Morgan fingerprint density at radius 2 is 1.80 bits per heavy atom. The van der Waals surface area contributed by atoms with E-state index in [0.717, 1.165) is 54.8 Å². The fourth-order valence-electron chi connectivity index (χ4n) is 5.01. The van der Waals surface area contributed by atoms with E-state index in [1.54, 1.807) is 12.1 Å². The molecular formula is C27H25ClN6O. The third kappa shape index (κ3) is 3.68. The lowest BCUT2D eigenvalue weighted by atomic mass is 9.78. The van der Waals surface area contributed by atoms with Crippen LogP contribution >= 0.6 is 11.6 Å². The number of halogens is 1. The minimum atomic E-state index is -0.0235. The molecule has 0 aliphatic carbocycles. The first kappa shape index (κ1) is 21.8. The van der Waals surface area contributed by atoms with Crippen molar-refractivity contribution < 1.29 is 4.74 Å². The van der Waals surface area contributed by atoms with Gasteiger partial charge in [-0.3, -0.25) is 15.4 Å². The Hall–Kier alpha value is -3.68. The molecule has 1 aromatic heterocycles. The van der Waals surface area contributed by atoms with Gasteiger partial charge in [-0.15, -0.1) is 0 Å². The first-order valence-electron chi connectivity index (χ1n) is 11.5. The van der Waals surface area contributed by atoms with Gasteiger partial charge >= 0.3 is 0 Å². The summed E-state index contributed by atoms with van der Waals surface area (Å²) >= 11 is 6.21. The summed E-state index contributed by atoms with van der Waals surface area (Å²) in [5.41, 5.74) is 5.50. The second-order valence-corrected chi connectivity index (χ2v) is 9.86. The molecule has 0 bridgehead atoms. The highest BCUT2D eigenvalue weighted by Gasteiger charge is 2.48. The molecule has 2 aliphatic heterocycles. The number of fused-ring (bicyclic) bond motifs is 1. The molecule has 3 heterocycles. The Morgan fingerprint density at radius 1 is 1.03 bits per heavy atom. The van der Waals surface area contributed by atoms with Gasteiger partial charge in [0.25, 0.3) is 0 Å². The summed E-state index contributed by atoms with van der Waals surface area (Å²) in [7, 11) is 1.94. The molecule has 2 N–H and O–H groups in total. The second kappa shape index (κ2) is 8.22. The maximum absolute atomic E-state index is 8.33. The van der Waals surface area contributed by atoms with Crippen LogP contribution in [-0.4, -0.2) is 49.2 Å². The molecule has 0 saturated carbocycles. The van der Waals surface area contributed by atoms with E-state index in [9.17, 15) is 0 Å². The highest BCUT2D eigenvalue weighted by atomic mass is 35.5. The van der Waals surface area contributed by atoms with Gasteiger partial charge in [-0.2, -0.15) is 4.98 Å². The first-order chi connectivity index (χ1) is 17.0. The van der Waals surface area contributed by atoms with E-state index in [1.165, 1.54) is 10.3 Å². The molecule has 1 spiro atoms. The highest BCUT2D eigenvalue weighted by Crippen LogP contribution is 2.40. The fraction of sp³-hybridized carbons (Fsp3) is 0.222. The molecular weight excluding hydrogens is 460 g/mol. The molecule has 3 aromatic carbocycles. The van der Waals surface area contributed by atoms with Crippen LogP contribution in [0.5, 0.6) is 0 Å². The molecule has 0 atom stereocenters. The van der Waals surface area contributed by atoms with Crippen LogP contribution in [0.4, 0.5) is 17.2 Å². The Labute approximate surface area is 208 Å². The minimum absolute atomic E-state index is 0.0235. The number of nitrogens with one attached hydrogen (secondary N) is 2. The summed E-state index contributed by atoms with van der Waals surface area (Å²) in [6.07, 6.45) is 1.09. The number of benzene rings is 3. The Balaban J connectivity index is 1.31. The van der Waals surface area contributed by atoms with Gasteiger partial charge in [0, 0.05) is 41.9 Å². The first-order valence-corrected chi connectivity index (χ1v) is 11.9. The lowest BCUT2D eigenvalue weighted by Crippen LogP contribution is -2.66. The lowest BCUT2D eigenvalue weighted by molar-refractivity contribution is -0.127. The van der Waals surface area contributed by atoms with Crippen LogP contribution in [-0.2, 0) is 4.74 Å². The third-order valence-electron chi connectivity index (χ3n) is 7.02. The lowest BCUT2D eigenvalue weighted by Gasteiger charge is -2.56. The zero-order valence-electron chi connectivity index (χ0n) is 19.3. The Kier molecular flexibility index (Phi) is 5.12. The quantitative estimate of drug-likeness (QED) is 0.312. The number of hydrogen-bond acceptors (Lipinski definition) is 6. The molecule has 176 valence electrons. The van der Waals surface area contributed by atoms with E-state index >= 15 is 0 Å². The molecule has 0 radical (unpaired) electrons. The van der Waals surface area contributed by atoms with Gasteiger partial charge in [0.05, 0.1) is 30.5 Å². The fourth-order valence-corrected chi connectivity index (χ4v) is 5.17. The topological polar surface area (TPSA) is 81.2 Å². The van der Waals surface area contributed by atoms with E-state index in [2.05, 4.69) is 46.3 Å². The van der Waals surface area contributed by atoms with Crippen molar-refractivity contribution >= 4 is 46.0 Å². The average molecular weight is 485 g/mol. The van der Waals surface area contributed by atoms with Gasteiger partial charge in [-0.25, -0.2) is 0 Å². The summed E-state index contributed by atoms with van der Waals surface area (Å²) < 4.78 is 6.80. The number of rotatable bonds is 5. The largest absolute Gasteiger partial charge is 0.380 e. The predicted octanol–water partition coefficient (Wildman–Crippen LogP) is 4.90. The molecule has 0 unspecified atom stereocenters. The maximum atomic E-state index is 8.33. The third-order valence-corrected chi connectivity index (χ3v) is 7.25. The average Bonchev–Trinajstić information content (AvgIpc) is 2.82. The molecule has 2 aliphatic rings. The molecule has 4 aromatic rings. The van der Waals surface area contributed by atoms with Gasteiger partial charge in [0.15, 0.2) is 0 Å². The number of aromatic nitrogens is 2. The van der Waals surface area contributed by atoms with Crippen LogP contribution in [0.15, 0.2) is 66.7 Å². The molecule has 2 fully saturated rings. The second-order valence-electron chi connectivity index (χ2n) is 9.42. The highest BCUT2D eigenvalue weighted by molar-refractivity contribution is 6.31. The van der Waals surface area contributed by atoms with Crippen molar-refractivity contribution in [3.05, 3.63) is 77.4 Å². The number of ether oxygens (including phenoxy) is 1. The van der Waals surface area contributed by atoms with Crippen molar-refractivity contribution in [1.82, 2.24) is 9.55 Å². The van der Waals surface area contributed by atoms with Crippen molar-refractivity contribution in [3.63, 3.8) is 0 Å². The van der Waals surface area contributed by atoms with Crippen LogP contribution in [0, 0.1) is 16.2 Å². The molecule has 6 rings (SSSR count). The normalized spacial score (nSPS) is 16.1. The molecule has 7 nitrogen and oxygen atoms in total. The molecule has 8 heteroatoms. The SMILES string of the molecule is CN(c1cccc(-c2ccc(N3CC4(COC4)C3)cc2)c1)c1nc(=N)n(C=N)c2cc(Cl)ccc12. The van der Waals surface area contributed by atoms with Gasteiger partial charge in [-0.05, 0) is 53.6 Å². The van der Waals surface area contributed by atoms with Crippen molar-refractivity contribution in [2.75, 3.05) is 43.2 Å². The van der Waals surface area contributed by atoms with E-state index in [-0.39, 0.29) is 5.62 Å². The van der Waals surface area contributed by atoms with E-state index in [4.69, 9.17) is 27.2 Å². The zero-order chi connectivity index (χ0) is 24.2. The standard InChI is InChI=1S/C27H25ClN6O/c1-32(25-23-10-7-20(28)12-24(23)34(17-29)26(30)31-25)22-4-2-3-19(11-22)18-5-8-21(9-6-18)33-13-27(14-33)15-35-16-27/h2-12,17,29-30H,13-16H2,1H3. The van der Waals surface area contributed by atoms with Crippen LogP contribution in [0.1, 0.15) is 0 Å². The molecule has 2 saturated heterocycles. The van der Waals surface area contributed by atoms with Crippen LogP contribution in [0.2, 0.25) is 5.02 Å². The van der Waals surface area contributed by atoms with E-state index in [1.807, 2.05) is 30.1 Å². The Morgan fingerprint density at radius 3 is 2.49 bits per heavy atom. The Bertz CT molecular complexity index is 1500. The molecule has 0 amide bonds. The van der Waals surface area contributed by atoms with Gasteiger partial charge < -0.3 is 14.5 Å². The van der Waals surface area contributed by atoms with Crippen molar-refractivity contribution in [2.24, 2.45) is 5.41 Å². The monoisotopic (exact) mass is 484 g/mol. The predicted molar refractivity (Wildman–Crippen MR) is 140 cm³/mol. The van der Waals surface area contributed by atoms with Crippen molar-refractivity contribution in [3.8, 4) is 11.1 Å². The number of hydrogen-bond donors (Lipinski definition) is 2. The maximum Gasteiger partial charge on any atom is 0.229 e. The molecule has 35 heavy (non-hydrogen) atoms. The van der Waals surface area contributed by atoms with Crippen LogP contribution in [0.3, 0.4) is 0 Å². The summed E-state index contributed by atoms with van der Waals surface area (Å²) in [6.45, 7) is 3.94. The number of nitrogens with zero attached hydrogens (tertiary/aromatic N) is 4. The summed E-state index contributed by atoms with van der Waals surface area (Å²) in [6, 6.07) is 22.5. The number of anilines is 3. The minimum Gasteiger partial charge on any atom is -0.380 e. The van der Waals surface area contributed by atoms with Gasteiger partial charge in [0.1, 0.15) is 5.82 Å². The van der Waals surface area contributed by atoms with Crippen molar-refractivity contribution in [1.29, 1.82) is 10.8 Å². The van der Waals surface area contributed by atoms with Crippen LogP contribution in [0.25, 0.3) is 22.0 Å². The van der Waals surface area contributed by atoms with E-state index in [0.29, 0.717) is 21.8 Å². The van der Waals surface area contributed by atoms with Gasteiger partial charge in [0.2, 0.25) is 5.62 Å². The van der Waals surface area contributed by atoms with Crippen LogP contribution < -0.4 is 15.4 Å².